The first-order valence-corrected chi connectivity index (χ1v) is 7.50. The van der Waals surface area contributed by atoms with Crippen LogP contribution < -0.4 is 10.6 Å². The topological polar surface area (TPSA) is 78.5 Å². The molecule has 1 saturated carbocycles. The minimum atomic E-state index is -0.795. The number of carbonyl (C=O) groups is 3. The van der Waals surface area contributed by atoms with Crippen molar-refractivity contribution in [3.8, 4) is 0 Å². The van der Waals surface area contributed by atoms with Gasteiger partial charge < -0.3 is 10.2 Å². The number of amides is 4. The lowest BCUT2D eigenvalue weighted by atomic mass is 9.88. The van der Waals surface area contributed by atoms with Gasteiger partial charge in [-0.1, -0.05) is 32.6 Å². The number of nitrogens with zero attached hydrogens (tertiary/aromatic N) is 1. The maximum absolute atomic E-state index is 12.2. The molecule has 6 heteroatoms. The van der Waals surface area contributed by atoms with E-state index in [1.165, 1.54) is 4.90 Å². The second-order valence-corrected chi connectivity index (χ2v) is 5.64. The van der Waals surface area contributed by atoms with Gasteiger partial charge in [0.15, 0.2) is 0 Å². The fraction of sp³-hybridized carbons (Fsp3) is 0.786. The number of imide groups is 1. The van der Waals surface area contributed by atoms with Crippen molar-refractivity contribution in [3.63, 3.8) is 0 Å². The SMILES string of the molecule is CCCNC(=O)CN1C(=O)NC(=O)C12CCCCCC2. The molecule has 4 amide bonds. The molecular weight excluding hydrogens is 258 g/mol. The molecule has 2 aliphatic rings. The first-order valence-electron chi connectivity index (χ1n) is 7.50. The van der Waals surface area contributed by atoms with Gasteiger partial charge in [-0.15, -0.1) is 0 Å². The molecular formula is C14H23N3O3. The molecule has 1 aliphatic heterocycles. The summed E-state index contributed by atoms with van der Waals surface area (Å²) < 4.78 is 0. The molecule has 2 rings (SSSR count). The van der Waals surface area contributed by atoms with E-state index in [9.17, 15) is 14.4 Å². The summed E-state index contributed by atoms with van der Waals surface area (Å²) in [6.45, 7) is 2.53. The number of carbonyl (C=O) groups excluding carboxylic acids is 3. The van der Waals surface area contributed by atoms with Crippen LogP contribution in [-0.4, -0.2) is 41.4 Å². The van der Waals surface area contributed by atoms with Gasteiger partial charge in [0.2, 0.25) is 5.91 Å². The van der Waals surface area contributed by atoms with Crippen LogP contribution in [0.15, 0.2) is 0 Å². The molecule has 1 aliphatic carbocycles. The standard InChI is InChI=1S/C14H23N3O3/c1-2-9-15-11(18)10-17-13(20)16-12(19)14(17)7-5-3-4-6-8-14/h2-10H2,1H3,(H,15,18)(H,16,19,20). The van der Waals surface area contributed by atoms with Gasteiger partial charge in [0, 0.05) is 6.54 Å². The fourth-order valence-corrected chi connectivity index (χ4v) is 3.10. The zero-order valence-electron chi connectivity index (χ0n) is 12.0. The van der Waals surface area contributed by atoms with Crippen LogP contribution in [0, 0.1) is 0 Å². The molecule has 2 fully saturated rings. The maximum Gasteiger partial charge on any atom is 0.325 e. The monoisotopic (exact) mass is 281 g/mol. The van der Waals surface area contributed by atoms with Crippen molar-refractivity contribution < 1.29 is 14.4 Å². The Hall–Kier alpha value is -1.59. The minimum absolute atomic E-state index is 0.0302. The number of hydrogen-bond donors (Lipinski definition) is 2. The highest BCUT2D eigenvalue weighted by Crippen LogP contribution is 2.35. The Balaban J connectivity index is 2.12. The molecule has 0 aromatic heterocycles. The first kappa shape index (κ1) is 14.8. The van der Waals surface area contributed by atoms with Crippen LogP contribution in [-0.2, 0) is 9.59 Å². The van der Waals surface area contributed by atoms with E-state index in [4.69, 9.17) is 0 Å². The number of urea groups is 1. The van der Waals surface area contributed by atoms with Crippen molar-refractivity contribution in [1.82, 2.24) is 15.5 Å². The predicted molar refractivity (Wildman–Crippen MR) is 74.0 cm³/mol. The van der Waals surface area contributed by atoms with E-state index in [1.807, 2.05) is 6.92 Å². The molecule has 0 atom stereocenters. The summed E-state index contributed by atoms with van der Waals surface area (Å²) in [4.78, 5) is 37.5. The average molecular weight is 281 g/mol. The summed E-state index contributed by atoms with van der Waals surface area (Å²) in [6.07, 6.45) is 6.18. The van der Waals surface area contributed by atoms with Gasteiger partial charge in [0.1, 0.15) is 12.1 Å². The number of nitrogens with one attached hydrogen (secondary N) is 2. The molecule has 0 bridgehead atoms. The van der Waals surface area contributed by atoms with Gasteiger partial charge in [0.05, 0.1) is 0 Å². The lowest BCUT2D eigenvalue weighted by Crippen LogP contribution is -2.52. The van der Waals surface area contributed by atoms with Crippen molar-refractivity contribution >= 4 is 17.8 Å². The van der Waals surface area contributed by atoms with Crippen molar-refractivity contribution in [1.29, 1.82) is 0 Å². The normalized spacial score (nSPS) is 21.8. The zero-order valence-corrected chi connectivity index (χ0v) is 12.0. The molecule has 1 saturated heterocycles. The summed E-state index contributed by atoms with van der Waals surface area (Å²) in [6, 6.07) is -0.427. The van der Waals surface area contributed by atoms with Crippen molar-refractivity contribution in [2.24, 2.45) is 0 Å². The van der Waals surface area contributed by atoms with Crippen LogP contribution >= 0.6 is 0 Å². The van der Waals surface area contributed by atoms with E-state index in [2.05, 4.69) is 10.6 Å². The molecule has 0 aromatic carbocycles. The maximum atomic E-state index is 12.2. The average Bonchev–Trinajstić information content (AvgIpc) is 2.64. The molecule has 6 nitrogen and oxygen atoms in total. The van der Waals surface area contributed by atoms with Crippen LogP contribution in [0.25, 0.3) is 0 Å². The Morgan fingerprint density at radius 2 is 1.90 bits per heavy atom. The van der Waals surface area contributed by atoms with Crippen LogP contribution in [0.1, 0.15) is 51.9 Å². The molecule has 1 spiro atoms. The molecule has 112 valence electrons. The van der Waals surface area contributed by atoms with Crippen LogP contribution in [0.2, 0.25) is 0 Å². The van der Waals surface area contributed by atoms with E-state index in [0.29, 0.717) is 19.4 Å². The van der Waals surface area contributed by atoms with Crippen molar-refractivity contribution in [2.45, 2.75) is 57.4 Å². The molecule has 0 unspecified atom stereocenters. The van der Waals surface area contributed by atoms with Gasteiger partial charge in [-0.3, -0.25) is 14.9 Å². The summed E-state index contributed by atoms with van der Waals surface area (Å²) in [5.74, 6) is -0.423. The van der Waals surface area contributed by atoms with E-state index in [-0.39, 0.29) is 18.4 Å². The van der Waals surface area contributed by atoms with Gasteiger partial charge in [0.25, 0.3) is 5.91 Å². The van der Waals surface area contributed by atoms with Gasteiger partial charge in [-0.05, 0) is 19.3 Å². The van der Waals surface area contributed by atoms with Gasteiger partial charge in [-0.25, -0.2) is 4.79 Å². The quantitative estimate of drug-likeness (QED) is 0.759. The van der Waals surface area contributed by atoms with Crippen LogP contribution in [0.4, 0.5) is 4.79 Å². The third-order valence-corrected chi connectivity index (χ3v) is 4.21. The second-order valence-electron chi connectivity index (χ2n) is 5.64. The first-order chi connectivity index (χ1) is 9.60. The van der Waals surface area contributed by atoms with E-state index < -0.39 is 11.6 Å². The van der Waals surface area contributed by atoms with Crippen LogP contribution in [0.3, 0.4) is 0 Å². The lowest BCUT2D eigenvalue weighted by molar-refractivity contribution is -0.129. The van der Waals surface area contributed by atoms with E-state index in [0.717, 1.165) is 32.1 Å². The lowest BCUT2D eigenvalue weighted by Gasteiger charge is -2.34. The minimum Gasteiger partial charge on any atom is -0.355 e. The summed E-state index contributed by atoms with van der Waals surface area (Å²) in [7, 11) is 0. The molecule has 0 radical (unpaired) electrons. The Bertz CT molecular complexity index is 400. The summed E-state index contributed by atoms with van der Waals surface area (Å²) in [5, 5.41) is 5.15. The van der Waals surface area contributed by atoms with Gasteiger partial charge >= 0.3 is 6.03 Å². The molecule has 1 heterocycles. The van der Waals surface area contributed by atoms with E-state index in [1.54, 1.807) is 0 Å². The van der Waals surface area contributed by atoms with E-state index >= 15 is 0 Å². The Morgan fingerprint density at radius 1 is 1.25 bits per heavy atom. The largest absolute Gasteiger partial charge is 0.355 e. The fourth-order valence-electron chi connectivity index (χ4n) is 3.10. The van der Waals surface area contributed by atoms with Gasteiger partial charge in [-0.2, -0.15) is 0 Å². The highest BCUT2D eigenvalue weighted by molar-refractivity contribution is 6.08. The number of hydrogen-bond acceptors (Lipinski definition) is 3. The smallest absolute Gasteiger partial charge is 0.325 e. The second kappa shape index (κ2) is 6.24. The molecule has 0 aromatic rings. The Labute approximate surface area is 119 Å². The summed E-state index contributed by atoms with van der Waals surface area (Å²) >= 11 is 0. The predicted octanol–water partition coefficient (Wildman–Crippen LogP) is 1.16. The zero-order chi connectivity index (χ0) is 14.6. The molecule has 2 N–H and O–H groups in total. The third-order valence-electron chi connectivity index (χ3n) is 4.21. The van der Waals surface area contributed by atoms with Crippen molar-refractivity contribution in [2.75, 3.05) is 13.1 Å². The molecule has 20 heavy (non-hydrogen) atoms. The Kier molecular flexibility index (Phi) is 4.62. The third kappa shape index (κ3) is 2.78. The Morgan fingerprint density at radius 3 is 2.50 bits per heavy atom. The summed E-state index contributed by atoms with van der Waals surface area (Å²) in [5.41, 5.74) is -0.795. The van der Waals surface area contributed by atoms with Crippen LogP contribution in [0.5, 0.6) is 0 Å². The highest BCUT2D eigenvalue weighted by Gasteiger charge is 2.52. The number of rotatable bonds is 4. The highest BCUT2D eigenvalue weighted by atomic mass is 16.2. The van der Waals surface area contributed by atoms with Crippen molar-refractivity contribution in [3.05, 3.63) is 0 Å².